The van der Waals surface area contributed by atoms with Crippen LogP contribution in [0.3, 0.4) is 0 Å². The summed E-state index contributed by atoms with van der Waals surface area (Å²) in [5.74, 6) is 0.766. The molecule has 1 saturated carbocycles. The van der Waals surface area contributed by atoms with Gasteiger partial charge < -0.3 is 5.32 Å². The first kappa shape index (κ1) is 8.31. The molecule has 11 heavy (non-hydrogen) atoms. The van der Waals surface area contributed by atoms with Crippen LogP contribution >= 0.6 is 0 Å². The van der Waals surface area contributed by atoms with E-state index in [1.807, 2.05) is 6.92 Å². The van der Waals surface area contributed by atoms with E-state index in [4.69, 9.17) is 0 Å². The second-order valence-electron chi connectivity index (χ2n) is 3.06. The highest BCUT2D eigenvalue weighted by molar-refractivity contribution is 5.78. The van der Waals surface area contributed by atoms with Gasteiger partial charge in [0.1, 0.15) is 0 Å². The van der Waals surface area contributed by atoms with Crippen LogP contribution in [0.5, 0.6) is 0 Å². The third-order valence-electron chi connectivity index (χ3n) is 1.92. The van der Waals surface area contributed by atoms with Crippen molar-refractivity contribution in [1.29, 1.82) is 0 Å². The monoisotopic (exact) mass is 153 g/mol. The number of nitrogens with one attached hydrogen (secondary N) is 1. The molecule has 1 N–H and O–H groups in total. The van der Waals surface area contributed by atoms with E-state index in [0.717, 1.165) is 12.1 Å². The van der Waals surface area contributed by atoms with Gasteiger partial charge in [-0.3, -0.25) is 4.79 Å². The first-order chi connectivity index (χ1) is 5.24. The summed E-state index contributed by atoms with van der Waals surface area (Å²) in [6.07, 6.45) is 3.00. The van der Waals surface area contributed by atoms with Crippen LogP contribution < -0.4 is 5.32 Å². The predicted molar refractivity (Wildman–Crippen MR) is 45.2 cm³/mol. The van der Waals surface area contributed by atoms with Gasteiger partial charge in [0.2, 0.25) is 5.91 Å². The van der Waals surface area contributed by atoms with Gasteiger partial charge in [0, 0.05) is 13.0 Å². The Labute approximate surface area is 67.7 Å². The molecule has 62 valence electrons. The van der Waals surface area contributed by atoms with E-state index in [-0.39, 0.29) is 5.91 Å². The number of rotatable bonds is 4. The molecule has 0 aromatic carbocycles. The van der Waals surface area contributed by atoms with E-state index in [1.165, 1.54) is 12.8 Å². The Hall–Kier alpha value is -0.790. The first-order valence-corrected chi connectivity index (χ1v) is 4.18. The fourth-order valence-electron chi connectivity index (χ4n) is 1.10. The van der Waals surface area contributed by atoms with Crippen molar-refractivity contribution in [1.82, 2.24) is 5.32 Å². The molecule has 0 aromatic rings. The van der Waals surface area contributed by atoms with Crippen LogP contribution in [-0.2, 0) is 4.79 Å². The molecule has 0 aliphatic heterocycles. The lowest BCUT2D eigenvalue weighted by atomic mass is 10.1. The fourth-order valence-corrected chi connectivity index (χ4v) is 1.10. The zero-order chi connectivity index (χ0) is 8.27. The molecule has 0 heterocycles. The number of carbonyl (C=O) groups excluding carboxylic acids is 1. The van der Waals surface area contributed by atoms with Gasteiger partial charge in [-0.05, 0) is 25.7 Å². The molecular formula is C9H15NO. The lowest BCUT2D eigenvalue weighted by Gasteiger charge is -2.02. The second kappa shape index (κ2) is 3.56. The Kier molecular flexibility index (Phi) is 2.69. The van der Waals surface area contributed by atoms with Gasteiger partial charge in [0.05, 0.1) is 0 Å². The normalized spacial score (nSPS) is 16.1. The molecule has 1 aliphatic carbocycles. The zero-order valence-electron chi connectivity index (χ0n) is 7.02. The fraction of sp³-hybridized carbons (Fsp3) is 0.667. The van der Waals surface area contributed by atoms with E-state index in [1.54, 1.807) is 0 Å². The van der Waals surface area contributed by atoms with Crippen molar-refractivity contribution in [2.24, 2.45) is 5.92 Å². The lowest BCUT2D eigenvalue weighted by molar-refractivity contribution is -0.120. The Morgan fingerprint density at radius 1 is 1.64 bits per heavy atom. The summed E-state index contributed by atoms with van der Waals surface area (Å²) in [6, 6.07) is 0. The maximum Gasteiger partial charge on any atom is 0.224 e. The van der Waals surface area contributed by atoms with E-state index in [0.29, 0.717) is 12.3 Å². The lowest BCUT2D eigenvalue weighted by Crippen LogP contribution is -2.22. The van der Waals surface area contributed by atoms with Gasteiger partial charge in [0.25, 0.3) is 0 Å². The summed E-state index contributed by atoms with van der Waals surface area (Å²) in [7, 11) is 0. The van der Waals surface area contributed by atoms with Gasteiger partial charge >= 0.3 is 0 Å². The SMILES string of the molecule is C=C(CC(=O)NCC)C1CC1. The summed E-state index contributed by atoms with van der Waals surface area (Å²) in [6.45, 7) is 6.53. The first-order valence-electron chi connectivity index (χ1n) is 4.18. The van der Waals surface area contributed by atoms with Gasteiger partial charge in [-0.1, -0.05) is 12.2 Å². The van der Waals surface area contributed by atoms with Gasteiger partial charge in [-0.25, -0.2) is 0 Å². The Bertz CT molecular complexity index is 170. The second-order valence-corrected chi connectivity index (χ2v) is 3.06. The van der Waals surface area contributed by atoms with Gasteiger partial charge in [0.15, 0.2) is 0 Å². The van der Waals surface area contributed by atoms with E-state index in [2.05, 4.69) is 11.9 Å². The molecule has 0 unspecified atom stereocenters. The van der Waals surface area contributed by atoms with Crippen molar-refractivity contribution in [2.75, 3.05) is 6.54 Å². The van der Waals surface area contributed by atoms with Crippen LogP contribution in [0.15, 0.2) is 12.2 Å². The molecule has 0 bridgehead atoms. The van der Waals surface area contributed by atoms with Crippen LogP contribution in [0, 0.1) is 5.92 Å². The molecule has 2 heteroatoms. The third-order valence-corrected chi connectivity index (χ3v) is 1.92. The molecule has 0 radical (unpaired) electrons. The highest BCUT2D eigenvalue weighted by Crippen LogP contribution is 2.36. The van der Waals surface area contributed by atoms with Crippen molar-refractivity contribution in [3.63, 3.8) is 0 Å². The highest BCUT2D eigenvalue weighted by Gasteiger charge is 2.25. The summed E-state index contributed by atoms with van der Waals surface area (Å²) in [4.78, 5) is 11.0. The quantitative estimate of drug-likeness (QED) is 0.609. The van der Waals surface area contributed by atoms with E-state index < -0.39 is 0 Å². The maximum absolute atomic E-state index is 11.0. The maximum atomic E-state index is 11.0. The summed E-state index contributed by atoms with van der Waals surface area (Å²) < 4.78 is 0. The van der Waals surface area contributed by atoms with Crippen molar-refractivity contribution in [3.8, 4) is 0 Å². The molecule has 1 aliphatic rings. The summed E-state index contributed by atoms with van der Waals surface area (Å²) >= 11 is 0. The van der Waals surface area contributed by atoms with Crippen molar-refractivity contribution in [2.45, 2.75) is 26.2 Å². The van der Waals surface area contributed by atoms with Crippen LogP contribution in [0.2, 0.25) is 0 Å². The Morgan fingerprint density at radius 3 is 2.73 bits per heavy atom. The van der Waals surface area contributed by atoms with Crippen LogP contribution in [0.4, 0.5) is 0 Å². The van der Waals surface area contributed by atoms with E-state index in [9.17, 15) is 4.79 Å². The molecule has 0 spiro atoms. The number of hydrogen-bond acceptors (Lipinski definition) is 1. The average molecular weight is 153 g/mol. The van der Waals surface area contributed by atoms with Gasteiger partial charge in [-0.2, -0.15) is 0 Å². The molecule has 1 rings (SSSR count). The molecule has 1 fully saturated rings. The molecule has 1 amide bonds. The smallest absolute Gasteiger partial charge is 0.224 e. The highest BCUT2D eigenvalue weighted by atomic mass is 16.1. The molecule has 0 atom stereocenters. The van der Waals surface area contributed by atoms with Crippen LogP contribution in [-0.4, -0.2) is 12.5 Å². The van der Waals surface area contributed by atoms with Crippen molar-refractivity contribution >= 4 is 5.91 Å². The minimum Gasteiger partial charge on any atom is -0.356 e. The summed E-state index contributed by atoms with van der Waals surface area (Å²) in [5.41, 5.74) is 1.11. The van der Waals surface area contributed by atoms with Gasteiger partial charge in [-0.15, -0.1) is 0 Å². The predicted octanol–water partition coefficient (Wildman–Crippen LogP) is 1.48. The Morgan fingerprint density at radius 2 is 2.27 bits per heavy atom. The topological polar surface area (TPSA) is 29.1 Å². The minimum absolute atomic E-state index is 0.115. The van der Waals surface area contributed by atoms with Crippen molar-refractivity contribution < 1.29 is 4.79 Å². The Balaban J connectivity index is 2.17. The molecule has 0 aromatic heterocycles. The molecule has 2 nitrogen and oxygen atoms in total. The zero-order valence-corrected chi connectivity index (χ0v) is 7.02. The molecular weight excluding hydrogens is 138 g/mol. The number of carbonyl (C=O) groups is 1. The minimum atomic E-state index is 0.115. The third kappa shape index (κ3) is 2.74. The molecule has 0 saturated heterocycles. The number of hydrogen-bond donors (Lipinski definition) is 1. The van der Waals surface area contributed by atoms with Crippen LogP contribution in [0.25, 0.3) is 0 Å². The standard InChI is InChI=1S/C9H15NO/c1-3-10-9(11)6-7(2)8-4-5-8/h8H,2-6H2,1H3,(H,10,11). The van der Waals surface area contributed by atoms with Crippen molar-refractivity contribution in [3.05, 3.63) is 12.2 Å². The largest absolute Gasteiger partial charge is 0.356 e. The summed E-state index contributed by atoms with van der Waals surface area (Å²) in [5, 5.41) is 2.76. The number of amides is 1. The van der Waals surface area contributed by atoms with E-state index >= 15 is 0 Å². The average Bonchev–Trinajstić information content (AvgIpc) is 2.67. The van der Waals surface area contributed by atoms with Crippen LogP contribution in [0.1, 0.15) is 26.2 Å².